The molecule has 162 valence electrons. The summed E-state index contributed by atoms with van der Waals surface area (Å²) in [6.45, 7) is 1.88. The van der Waals surface area contributed by atoms with Crippen LogP contribution in [0.3, 0.4) is 0 Å². The molecule has 0 spiro atoms. The monoisotopic (exact) mass is 439 g/mol. The van der Waals surface area contributed by atoms with Gasteiger partial charge in [-0.3, -0.25) is 9.69 Å². The van der Waals surface area contributed by atoms with Gasteiger partial charge in [0.25, 0.3) is 5.91 Å². The van der Waals surface area contributed by atoms with Crippen LogP contribution in [0.5, 0.6) is 5.75 Å². The van der Waals surface area contributed by atoms with Gasteiger partial charge < -0.3 is 19.7 Å². The molecule has 1 N–H and O–H groups in total. The van der Waals surface area contributed by atoms with Gasteiger partial charge in [0.05, 0.1) is 31.4 Å². The van der Waals surface area contributed by atoms with E-state index in [1.165, 1.54) is 12.0 Å². The molecule has 8 heteroatoms. The minimum absolute atomic E-state index is 0.131. The highest BCUT2D eigenvalue weighted by Crippen LogP contribution is 2.35. The molecule has 0 saturated carbocycles. The van der Waals surface area contributed by atoms with E-state index >= 15 is 0 Å². The lowest BCUT2D eigenvalue weighted by molar-refractivity contribution is -0.125. The van der Waals surface area contributed by atoms with Crippen molar-refractivity contribution in [3.63, 3.8) is 0 Å². The maximum Gasteiger partial charge on any atom is 0.337 e. The summed E-state index contributed by atoms with van der Waals surface area (Å²) in [6.07, 6.45) is 0. The molecule has 1 unspecified atom stereocenters. The molecule has 3 rings (SSSR count). The molecule has 31 heavy (non-hydrogen) atoms. The average molecular weight is 440 g/mol. The van der Waals surface area contributed by atoms with E-state index < -0.39 is 12.0 Å². The molecule has 0 fully saturated rings. The second-order valence-corrected chi connectivity index (χ2v) is 7.61. The highest BCUT2D eigenvalue weighted by molar-refractivity contribution is 7.80. The van der Waals surface area contributed by atoms with Crippen LogP contribution in [0.1, 0.15) is 28.9 Å². The number of hydrogen-bond acceptors (Lipinski definition) is 5. The zero-order valence-electron chi connectivity index (χ0n) is 18.1. The first-order valence-corrected chi connectivity index (χ1v) is 10.0. The summed E-state index contributed by atoms with van der Waals surface area (Å²) in [4.78, 5) is 28.3. The minimum atomic E-state index is -0.455. The SMILES string of the molecule is COC(=O)c1ccc(C2NC(=S)N(c3ccc(OC)cc3)C(C)=C2C(=O)N(C)C)cc1. The fraction of sp³-hybridized carbons (Fsp3) is 0.261. The number of nitrogens with one attached hydrogen (secondary N) is 1. The zero-order chi connectivity index (χ0) is 22.7. The van der Waals surface area contributed by atoms with Crippen LogP contribution in [0.4, 0.5) is 5.69 Å². The number of benzene rings is 2. The molecular weight excluding hydrogens is 414 g/mol. The molecule has 2 aromatic carbocycles. The molecule has 0 saturated heterocycles. The third kappa shape index (κ3) is 4.39. The molecule has 1 aliphatic rings. The van der Waals surface area contributed by atoms with Crippen LogP contribution in [-0.4, -0.2) is 50.2 Å². The summed E-state index contributed by atoms with van der Waals surface area (Å²) in [7, 11) is 6.37. The number of rotatable bonds is 5. The highest BCUT2D eigenvalue weighted by atomic mass is 32.1. The Hall–Kier alpha value is -3.39. The van der Waals surface area contributed by atoms with E-state index in [1.54, 1.807) is 45.5 Å². The van der Waals surface area contributed by atoms with Gasteiger partial charge in [-0.1, -0.05) is 12.1 Å². The van der Waals surface area contributed by atoms with Crippen molar-refractivity contribution in [3.05, 3.63) is 70.9 Å². The van der Waals surface area contributed by atoms with Gasteiger partial charge in [-0.2, -0.15) is 0 Å². The number of hydrogen-bond donors (Lipinski definition) is 1. The van der Waals surface area contributed by atoms with Crippen LogP contribution < -0.4 is 15.0 Å². The fourth-order valence-corrected chi connectivity index (χ4v) is 3.84. The fourth-order valence-electron chi connectivity index (χ4n) is 3.48. The lowest BCUT2D eigenvalue weighted by Gasteiger charge is -2.38. The van der Waals surface area contributed by atoms with E-state index in [4.69, 9.17) is 21.7 Å². The number of carbonyl (C=O) groups excluding carboxylic acids is 2. The Labute approximate surface area is 187 Å². The molecule has 0 radical (unpaired) electrons. The number of allylic oxidation sites excluding steroid dienone is 1. The Kier molecular flexibility index (Phi) is 6.60. The second kappa shape index (κ2) is 9.18. The summed E-state index contributed by atoms with van der Waals surface area (Å²) in [5, 5.41) is 3.77. The molecule has 0 aromatic heterocycles. The van der Waals surface area contributed by atoms with Crippen molar-refractivity contribution in [2.75, 3.05) is 33.2 Å². The number of carbonyl (C=O) groups is 2. The van der Waals surface area contributed by atoms with Gasteiger partial charge in [0, 0.05) is 25.5 Å². The van der Waals surface area contributed by atoms with E-state index in [1.807, 2.05) is 36.1 Å². The largest absolute Gasteiger partial charge is 0.497 e. The first-order valence-electron chi connectivity index (χ1n) is 9.63. The summed E-state index contributed by atoms with van der Waals surface area (Å²) >= 11 is 5.67. The lowest BCUT2D eigenvalue weighted by Crippen LogP contribution is -2.49. The highest BCUT2D eigenvalue weighted by Gasteiger charge is 2.35. The van der Waals surface area contributed by atoms with Crippen LogP contribution >= 0.6 is 12.2 Å². The van der Waals surface area contributed by atoms with Crippen molar-refractivity contribution in [2.45, 2.75) is 13.0 Å². The third-order valence-electron chi connectivity index (χ3n) is 5.12. The summed E-state index contributed by atoms with van der Waals surface area (Å²) in [5.41, 5.74) is 3.37. The smallest absolute Gasteiger partial charge is 0.337 e. The number of ether oxygens (including phenoxy) is 2. The van der Waals surface area contributed by atoms with E-state index in [-0.39, 0.29) is 5.91 Å². The van der Waals surface area contributed by atoms with Gasteiger partial charge in [0.1, 0.15) is 5.75 Å². The topological polar surface area (TPSA) is 71.1 Å². The molecule has 2 aromatic rings. The molecule has 1 atom stereocenters. The van der Waals surface area contributed by atoms with Crippen molar-refractivity contribution in [1.82, 2.24) is 10.2 Å². The number of anilines is 1. The van der Waals surface area contributed by atoms with Gasteiger partial charge >= 0.3 is 5.97 Å². The van der Waals surface area contributed by atoms with E-state index in [2.05, 4.69) is 5.32 Å². The number of methoxy groups -OCH3 is 2. The van der Waals surface area contributed by atoms with Gasteiger partial charge in [0.2, 0.25) is 0 Å². The lowest BCUT2D eigenvalue weighted by atomic mass is 9.93. The van der Waals surface area contributed by atoms with E-state index in [9.17, 15) is 9.59 Å². The van der Waals surface area contributed by atoms with E-state index in [0.29, 0.717) is 16.2 Å². The molecule has 1 aliphatic heterocycles. The van der Waals surface area contributed by atoms with Crippen LogP contribution in [0.15, 0.2) is 59.8 Å². The van der Waals surface area contributed by atoms with Gasteiger partial charge in [0.15, 0.2) is 5.11 Å². The Balaban J connectivity index is 2.08. The van der Waals surface area contributed by atoms with Gasteiger partial charge in [-0.15, -0.1) is 0 Å². The Bertz CT molecular complexity index is 1030. The van der Waals surface area contributed by atoms with E-state index in [0.717, 1.165) is 22.7 Å². The first kappa shape index (κ1) is 22.3. The Morgan fingerprint density at radius 2 is 1.65 bits per heavy atom. The second-order valence-electron chi connectivity index (χ2n) is 7.23. The van der Waals surface area contributed by atoms with Crippen LogP contribution in [-0.2, 0) is 9.53 Å². The number of amides is 1. The maximum absolute atomic E-state index is 13.2. The Morgan fingerprint density at radius 1 is 1.03 bits per heavy atom. The zero-order valence-corrected chi connectivity index (χ0v) is 18.9. The predicted octanol–water partition coefficient (Wildman–Crippen LogP) is 3.28. The van der Waals surface area contributed by atoms with Crippen molar-refractivity contribution in [3.8, 4) is 5.75 Å². The predicted molar refractivity (Wildman–Crippen MR) is 123 cm³/mol. The number of esters is 1. The minimum Gasteiger partial charge on any atom is -0.497 e. The molecular formula is C23H25N3O4S. The number of thiocarbonyl (C=S) groups is 1. The average Bonchev–Trinajstić information content (AvgIpc) is 2.78. The molecule has 1 heterocycles. The van der Waals surface area contributed by atoms with Crippen molar-refractivity contribution in [2.24, 2.45) is 0 Å². The third-order valence-corrected chi connectivity index (χ3v) is 5.42. The molecule has 0 bridgehead atoms. The molecule has 0 aliphatic carbocycles. The van der Waals surface area contributed by atoms with Crippen LogP contribution in [0, 0.1) is 0 Å². The molecule has 7 nitrogen and oxygen atoms in total. The van der Waals surface area contributed by atoms with Crippen LogP contribution in [0.25, 0.3) is 0 Å². The first-order chi connectivity index (χ1) is 14.8. The van der Waals surface area contributed by atoms with Gasteiger partial charge in [-0.05, 0) is 61.1 Å². The standard InChI is InChI=1S/C23H25N3O4S/c1-14-19(21(27)25(2)3)20(15-6-8-16(9-7-15)22(28)30-5)24-23(31)26(14)17-10-12-18(29-4)13-11-17/h6-13,20H,1-5H3,(H,24,31). The van der Waals surface area contributed by atoms with Crippen LogP contribution in [0.2, 0.25) is 0 Å². The summed E-state index contributed by atoms with van der Waals surface area (Å²) in [6, 6.07) is 14.0. The van der Waals surface area contributed by atoms with Crippen molar-refractivity contribution in [1.29, 1.82) is 0 Å². The quantitative estimate of drug-likeness (QED) is 0.566. The van der Waals surface area contributed by atoms with Gasteiger partial charge in [-0.25, -0.2) is 4.79 Å². The molecule has 1 amide bonds. The summed E-state index contributed by atoms with van der Waals surface area (Å²) < 4.78 is 10.0. The normalized spacial score (nSPS) is 16.0. The van der Waals surface area contributed by atoms with Crippen molar-refractivity contribution < 1.29 is 19.1 Å². The summed E-state index contributed by atoms with van der Waals surface area (Å²) in [5.74, 6) is 0.183. The number of likely N-dealkylation sites (N-methyl/N-ethyl adjacent to an activating group) is 1. The maximum atomic E-state index is 13.2. The number of nitrogens with zero attached hydrogens (tertiary/aromatic N) is 2. The van der Waals surface area contributed by atoms with Crippen molar-refractivity contribution >= 4 is 34.9 Å². The Morgan fingerprint density at radius 3 is 2.16 bits per heavy atom.